The average Bonchev–Trinajstić information content (AvgIpc) is 3.25. The van der Waals surface area contributed by atoms with Gasteiger partial charge in [-0.25, -0.2) is 14.6 Å². The summed E-state index contributed by atoms with van der Waals surface area (Å²) in [6, 6.07) is 3.06. The van der Waals surface area contributed by atoms with Gasteiger partial charge in [0.15, 0.2) is 0 Å². The average molecular weight is 395 g/mol. The van der Waals surface area contributed by atoms with Crippen molar-refractivity contribution >= 4 is 22.9 Å². The van der Waals surface area contributed by atoms with E-state index >= 15 is 0 Å². The second-order valence-corrected chi connectivity index (χ2v) is 7.02. The number of halogens is 3. The van der Waals surface area contributed by atoms with E-state index in [2.05, 4.69) is 20.4 Å². The van der Waals surface area contributed by atoms with Crippen LogP contribution in [0.3, 0.4) is 0 Å². The zero-order chi connectivity index (χ0) is 19.6. The van der Waals surface area contributed by atoms with Crippen LogP contribution < -0.4 is 5.32 Å². The van der Waals surface area contributed by atoms with E-state index in [1.165, 1.54) is 34.7 Å². The van der Waals surface area contributed by atoms with Gasteiger partial charge in [0.1, 0.15) is 12.7 Å². The van der Waals surface area contributed by atoms with Crippen LogP contribution in [0.1, 0.15) is 36.0 Å². The van der Waals surface area contributed by atoms with Gasteiger partial charge in [0.25, 0.3) is 0 Å². The number of hydrogen-bond donors (Lipinski definition) is 1. The third-order valence-corrected chi connectivity index (χ3v) is 4.86. The van der Waals surface area contributed by atoms with Crippen LogP contribution in [0.15, 0.2) is 36.2 Å². The normalized spacial score (nSPS) is 11.8. The summed E-state index contributed by atoms with van der Waals surface area (Å²) >= 11 is 1.45. The van der Waals surface area contributed by atoms with Crippen LogP contribution in [0.5, 0.6) is 0 Å². The van der Waals surface area contributed by atoms with E-state index in [-0.39, 0.29) is 23.7 Å². The predicted octanol–water partition coefficient (Wildman–Crippen LogP) is 4.05. The number of thiazole rings is 1. The summed E-state index contributed by atoms with van der Waals surface area (Å²) in [5.74, 6) is -0.217. The summed E-state index contributed by atoms with van der Waals surface area (Å²) in [4.78, 5) is 20.5. The first-order chi connectivity index (χ1) is 12.7. The molecular formula is C17H16F3N5OS. The molecule has 6 nitrogen and oxygen atoms in total. The lowest BCUT2D eigenvalue weighted by Crippen LogP contribution is -2.17. The molecule has 0 saturated heterocycles. The van der Waals surface area contributed by atoms with Crippen LogP contribution in [0, 0.1) is 0 Å². The van der Waals surface area contributed by atoms with Crippen molar-refractivity contribution in [3.05, 3.63) is 52.5 Å². The Balaban J connectivity index is 1.85. The van der Waals surface area contributed by atoms with E-state index in [0.717, 1.165) is 17.1 Å². The Morgan fingerprint density at radius 1 is 1.33 bits per heavy atom. The number of alkyl halides is 3. The van der Waals surface area contributed by atoms with Gasteiger partial charge in [0, 0.05) is 11.3 Å². The number of carbonyl (C=O) groups is 1. The largest absolute Gasteiger partial charge is 0.416 e. The van der Waals surface area contributed by atoms with Gasteiger partial charge in [0.05, 0.1) is 34.1 Å². The highest BCUT2D eigenvalue weighted by Crippen LogP contribution is 2.33. The van der Waals surface area contributed by atoms with E-state index in [1.807, 2.05) is 13.8 Å². The van der Waals surface area contributed by atoms with Gasteiger partial charge in [0.2, 0.25) is 5.91 Å². The molecule has 1 amide bonds. The Labute approximate surface area is 157 Å². The lowest BCUT2D eigenvalue weighted by Gasteiger charge is -2.14. The minimum atomic E-state index is -4.53. The van der Waals surface area contributed by atoms with E-state index in [9.17, 15) is 18.0 Å². The maximum Gasteiger partial charge on any atom is 0.416 e. The van der Waals surface area contributed by atoms with Crippen LogP contribution in [0.2, 0.25) is 0 Å². The molecule has 1 aromatic carbocycles. The summed E-state index contributed by atoms with van der Waals surface area (Å²) in [5.41, 5.74) is 0.00235. The van der Waals surface area contributed by atoms with Crippen LogP contribution in [-0.2, 0) is 17.4 Å². The maximum atomic E-state index is 13.0. The van der Waals surface area contributed by atoms with Gasteiger partial charge >= 0.3 is 6.18 Å². The van der Waals surface area contributed by atoms with E-state index < -0.39 is 17.6 Å². The zero-order valence-corrected chi connectivity index (χ0v) is 15.3. The Hall–Kier alpha value is -2.75. The van der Waals surface area contributed by atoms with Crippen LogP contribution in [0.25, 0.3) is 5.69 Å². The number of nitrogens with one attached hydrogen (secondary N) is 1. The number of carbonyl (C=O) groups excluding carboxylic acids is 1. The van der Waals surface area contributed by atoms with E-state index in [4.69, 9.17) is 0 Å². The highest BCUT2D eigenvalue weighted by Gasteiger charge is 2.31. The van der Waals surface area contributed by atoms with E-state index in [0.29, 0.717) is 5.69 Å². The molecule has 0 spiro atoms. The number of aromatic nitrogens is 4. The molecule has 3 rings (SSSR count). The van der Waals surface area contributed by atoms with Crippen molar-refractivity contribution in [1.29, 1.82) is 0 Å². The van der Waals surface area contributed by atoms with Gasteiger partial charge in [-0.15, -0.1) is 11.3 Å². The monoisotopic (exact) mass is 395 g/mol. The molecule has 27 heavy (non-hydrogen) atoms. The number of amides is 1. The van der Waals surface area contributed by atoms with Gasteiger partial charge in [-0.3, -0.25) is 4.79 Å². The summed E-state index contributed by atoms with van der Waals surface area (Å²) in [6.45, 7) is 3.99. The second kappa shape index (κ2) is 7.47. The topological polar surface area (TPSA) is 72.7 Å². The van der Waals surface area contributed by atoms with Crippen molar-refractivity contribution in [1.82, 2.24) is 19.7 Å². The van der Waals surface area contributed by atoms with Gasteiger partial charge in [-0.05, 0) is 18.2 Å². The Kier molecular flexibility index (Phi) is 5.26. The molecule has 10 heteroatoms. The fourth-order valence-corrected chi connectivity index (χ4v) is 3.21. The van der Waals surface area contributed by atoms with Crippen molar-refractivity contribution in [3.8, 4) is 5.69 Å². The smallest absolute Gasteiger partial charge is 0.324 e. The fourth-order valence-electron chi connectivity index (χ4n) is 2.37. The first-order valence-corrected chi connectivity index (χ1v) is 8.92. The second-order valence-electron chi connectivity index (χ2n) is 6.13. The molecule has 0 atom stereocenters. The standard InChI is InChI=1S/C17H16F3N5OS/c1-10(2)16-23-12(7-27-16)6-15(26)24-13-5-11(17(18,19)20)3-4-14(13)25-9-21-8-22-25/h3-5,7-10H,6H2,1-2H3,(H,24,26). The summed E-state index contributed by atoms with van der Waals surface area (Å²) in [7, 11) is 0. The molecule has 0 bridgehead atoms. The molecule has 3 aromatic rings. The van der Waals surface area contributed by atoms with Gasteiger partial charge < -0.3 is 5.32 Å². The lowest BCUT2D eigenvalue weighted by molar-refractivity contribution is -0.137. The maximum absolute atomic E-state index is 13.0. The minimum Gasteiger partial charge on any atom is -0.324 e. The quantitative estimate of drug-likeness (QED) is 0.708. The SMILES string of the molecule is CC(C)c1nc(CC(=O)Nc2cc(C(F)(F)F)ccc2-n2cncn2)cs1. The van der Waals surface area contributed by atoms with Crippen molar-refractivity contribution < 1.29 is 18.0 Å². The van der Waals surface area contributed by atoms with Gasteiger partial charge in [-0.1, -0.05) is 13.8 Å². The fraction of sp³-hybridized carbons (Fsp3) is 0.294. The molecule has 0 radical (unpaired) electrons. The number of anilines is 1. The molecule has 2 aromatic heterocycles. The molecule has 0 unspecified atom stereocenters. The number of hydrogen-bond acceptors (Lipinski definition) is 5. The van der Waals surface area contributed by atoms with Crippen LogP contribution in [-0.4, -0.2) is 25.7 Å². The first-order valence-electron chi connectivity index (χ1n) is 8.04. The Bertz CT molecular complexity index is 934. The van der Waals surface area contributed by atoms with Crippen LogP contribution in [0.4, 0.5) is 18.9 Å². The van der Waals surface area contributed by atoms with Gasteiger partial charge in [-0.2, -0.15) is 18.3 Å². The number of nitrogens with zero attached hydrogens (tertiary/aromatic N) is 4. The molecule has 0 fully saturated rings. The summed E-state index contributed by atoms with van der Waals surface area (Å²) in [6.07, 6.45) is -1.96. The van der Waals surface area contributed by atoms with Crippen LogP contribution >= 0.6 is 11.3 Å². The molecular weight excluding hydrogens is 379 g/mol. The molecule has 0 saturated carbocycles. The third kappa shape index (κ3) is 4.51. The Morgan fingerprint density at radius 2 is 2.11 bits per heavy atom. The predicted molar refractivity (Wildman–Crippen MR) is 94.9 cm³/mol. The molecule has 1 N–H and O–H groups in total. The minimum absolute atomic E-state index is 0.000336. The lowest BCUT2D eigenvalue weighted by atomic mass is 10.1. The van der Waals surface area contributed by atoms with Crippen molar-refractivity contribution in [2.45, 2.75) is 32.4 Å². The zero-order valence-electron chi connectivity index (χ0n) is 14.5. The summed E-state index contributed by atoms with van der Waals surface area (Å²) in [5, 5.41) is 9.13. The number of rotatable bonds is 5. The Morgan fingerprint density at radius 3 is 2.70 bits per heavy atom. The van der Waals surface area contributed by atoms with Crippen molar-refractivity contribution in [2.24, 2.45) is 0 Å². The van der Waals surface area contributed by atoms with Crippen molar-refractivity contribution in [3.63, 3.8) is 0 Å². The number of benzene rings is 1. The highest BCUT2D eigenvalue weighted by molar-refractivity contribution is 7.09. The molecule has 142 valence electrons. The summed E-state index contributed by atoms with van der Waals surface area (Å²) < 4.78 is 40.4. The molecule has 0 aliphatic carbocycles. The first kappa shape index (κ1) is 19.0. The van der Waals surface area contributed by atoms with E-state index in [1.54, 1.807) is 5.38 Å². The molecule has 0 aliphatic rings. The highest BCUT2D eigenvalue weighted by atomic mass is 32.1. The third-order valence-electron chi connectivity index (χ3n) is 3.67. The molecule has 2 heterocycles. The molecule has 0 aliphatic heterocycles. The van der Waals surface area contributed by atoms with Crippen molar-refractivity contribution in [2.75, 3.05) is 5.32 Å².